The number of hydrogen-bond donors (Lipinski definition) is 3. The number of pyridine rings is 1. The minimum atomic E-state index is 0.508. The average Bonchev–Trinajstić information content (AvgIpc) is 2.81. The highest BCUT2D eigenvalue weighted by atomic mass is 15.3. The zero-order chi connectivity index (χ0) is 14.1. The zero-order valence-corrected chi connectivity index (χ0v) is 11.3. The number of nitrogens with one attached hydrogen (secondary N) is 1. The lowest BCUT2D eigenvalue weighted by Crippen LogP contribution is -2.20. The number of benzene rings is 1. The molecular formula is C15H17N5. The third kappa shape index (κ3) is 1.93. The molecule has 0 saturated carbocycles. The molecule has 0 bridgehead atoms. The first-order valence-electron chi connectivity index (χ1n) is 6.56. The molecule has 102 valence electrons. The fourth-order valence-electron chi connectivity index (χ4n) is 2.35. The van der Waals surface area contributed by atoms with Crippen LogP contribution in [-0.4, -0.2) is 11.5 Å². The highest BCUT2D eigenvalue weighted by Gasteiger charge is 2.22. The molecule has 5 heteroatoms. The van der Waals surface area contributed by atoms with Crippen molar-refractivity contribution in [3.05, 3.63) is 48.0 Å². The van der Waals surface area contributed by atoms with Crippen LogP contribution < -0.4 is 21.7 Å². The van der Waals surface area contributed by atoms with Gasteiger partial charge in [-0.3, -0.25) is 4.98 Å². The number of nitrogens with two attached hydrogens (primary N) is 2. The first-order chi connectivity index (χ1) is 9.70. The molecule has 0 aliphatic carbocycles. The van der Waals surface area contributed by atoms with E-state index < -0.39 is 0 Å². The molecule has 0 unspecified atom stereocenters. The maximum atomic E-state index is 5.97. The number of fused-ring (bicyclic) bond motifs is 1. The predicted molar refractivity (Wildman–Crippen MR) is 84.1 cm³/mol. The van der Waals surface area contributed by atoms with Crippen molar-refractivity contribution in [2.24, 2.45) is 0 Å². The largest absolute Gasteiger partial charge is 0.397 e. The minimum Gasteiger partial charge on any atom is -0.397 e. The van der Waals surface area contributed by atoms with Gasteiger partial charge in [-0.15, -0.1) is 0 Å². The van der Waals surface area contributed by atoms with Crippen LogP contribution in [0, 0.1) is 0 Å². The number of nitrogens with zero attached hydrogens (tertiary/aromatic N) is 2. The van der Waals surface area contributed by atoms with E-state index in [9.17, 15) is 0 Å². The number of para-hydroxylation sites is 2. The molecule has 0 radical (unpaired) electrons. The number of aromatic nitrogens is 1. The predicted octanol–water partition coefficient (Wildman–Crippen LogP) is 2.50. The fraction of sp³-hybridized carbons (Fsp3) is 0.133. The van der Waals surface area contributed by atoms with Gasteiger partial charge >= 0.3 is 0 Å². The Labute approximate surface area is 117 Å². The van der Waals surface area contributed by atoms with E-state index in [1.165, 1.54) is 0 Å². The molecule has 5 N–H and O–H groups in total. The van der Waals surface area contributed by atoms with Gasteiger partial charge in [0.25, 0.3) is 0 Å². The maximum Gasteiger partial charge on any atom is 0.113 e. The second-order valence-corrected chi connectivity index (χ2v) is 4.62. The molecule has 1 aliphatic heterocycles. The first-order valence-corrected chi connectivity index (χ1v) is 6.56. The van der Waals surface area contributed by atoms with Gasteiger partial charge in [0.1, 0.15) is 5.82 Å². The summed E-state index contributed by atoms with van der Waals surface area (Å²) in [6, 6.07) is 9.87. The Balaban J connectivity index is 2.03. The normalized spacial score (nSPS) is 15.2. The molecule has 0 spiro atoms. The Kier molecular flexibility index (Phi) is 2.95. The summed E-state index contributed by atoms with van der Waals surface area (Å²) in [5.74, 6) is 0.957. The van der Waals surface area contributed by atoms with Gasteiger partial charge in [-0.05, 0) is 25.1 Å². The van der Waals surface area contributed by atoms with Crippen molar-refractivity contribution in [2.45, 2.75) is 6.92 Å². The van der Waals surface area contributed by atoms with Crippen molar-refractivity contribution in [3.8, 4) is 0 Å². The van der Waals surface area contributed by atoms with Gasteiger partial charge in [0, 0.05) is 18.8 Å². The van der Waals surface area contributed by atoms with Gasteiger partial charge in [-0.1, -0.05) is 12.1 Å². The van der Waals surface area contributed by atoms with E-state index in [1.54, 1.807) is 12.3 Å². The Hall–Kier alpha value is -2.69. The number of nitrogen functional groups attached to an aromatic ring is 2. The van der Waals surface area contributed by atoms with Crippen molar-refractivity contribution in [2.75, 3.05) is 28.2 Å². The lowest BCUT2D eigenvalue weighted by molar-refractivity contribution is 0.995. The van der Waals surface area contributed by atoms with Crippen LogP contribution in [0.2, 0.25) is 0 Å². The molecule has 5 nitrogen and oxygen atoms in total. The van der Waals surface area contributed by atoms with Crippen LogP contribution in [-0.2, 0) is 0 Å². The van der Waals surface area contributed by atoms with E-state index in [0.29, 0.717) is 17.1 Å². The first kappa shape index (κ1) is 12.3. The van der Waals surface area contributed by atoms with E-state index in [0.717, 1.165) is 23.7 Å². The Morgan fingerprint density at radius 3 is 2.85 bits per heavy atom. The SMILES string of the molecule is CCN1/C(=C/c2nccc(N)c2N)Nc2ccccc21. The van der Waals surface area contributed by atoms with Crippen LogP contribution in [0.3, 0.4) is 0 Å². The van der Waals surface area contributed by atoms with Crippen molar-refractivity contribution in [1.82, 2.24) is 4.98 Å². The third-order valence-electron chi connectivity index (χ3n) is 3.39. The summed E-state index contributed by atoms with van der Waals surface area (Å²) >= 11 is 0. The second-order valence-electron chi connectivity index (χ2n) is 4.62. The minimum absolute atomic E-state index is 0.508. The Morgan fingerprint density at radius 1 is 1.25 bits per heavy atom. The quantitative estimate of drug-likeness (QED) is 0.779. The number of hydrogen-bond acceptors (Lipinski definition) is 5. The summed E-state index contributed by atoms with van der Waals surface area (Å²) in [4.78, 5) is 6.47. The van der Waals surface area contributed by atoms with Crippen molar-refractivity contribution in [1.29, 1.82) is 0 Å². The van der Waals surface area contributed by atoms with Crippen molar-refractivity contribution < 1.29 is 0 Å². The maximum absolute atomic E-state index is 5.97. The second kappa shape index (κ2) is 4.77. The average molecular weight is 267 g/mol. The van der Waals surface area contributed by atoms with Crippen LogP contribution in [0.5, 0.6) is 0 Å². The molecule has 0 amide bonds. The molecule has 3 rings (SSSR count). The van der Waals surface area contributed by atoms with Gasteiger partial charge in [0.15, 0.2) is 0 Å². The van der Waals surface area contributed by atoms with Crippen molar-refractivity contribution in [3.63, 3.8) is 0 Å². The molecule has 2 heterocycles. The number of anilines is 4. The van der Waals surface area contributed by atoms with E-state index >= 15 is 0 Å². The zero-order valence-electron chi connectivity index (χ0n) is 11.3. The molecule has 2 aromatic rings. The Morgan fingerprint density at radius 2 is 2.05 bits per heavy atom. The molecule has 1 aromatic heterocycles. The van der Waals surface area contributed by atoms with Crippen molar-refractivity contribution >= 4 is 28.8 Å². The van der Waals surface area contributed by atoms with Crippen LogP contribution >= 0.6 is 0 Å². The van der Waals surface area contributed by atoms with E-state index in [2.05, 4.69) is 34.3 Å². The smallest absolute Gasteiger partial charge is 0.113 e. The monoisotopic (exact) mass is 267 g/mol. The summed E-state index contributed by atoms with van der Waals surface area (Å²) in [6.45, 7) is 2.96. The number of rotatable bonds is 2. The lowest BCUT2D eigenvalue weighted by Gasteiger charge is -2.17. The standard InChI is InChI=1S/C15H17N5/c1-2-20-13-6-4-3-5-11(13)19-14(20)9-12-15(17)10(16)7-8-18-12/h3-9,19H,2,17H2,1H3,(H2,16,18)/b14-9+. The van der Waals surface area contributed by atoms with Crippen LogP contribution in [0.4, 0.5) is 22.7 Å². The highest BCUT2D eigenvalue weighted by molar-refractivity contribution is 5.85. The van der Waals surface area contributed by atoms with E-state index in [-0.39, 0.29) is 0 Å². The van der Waals surface area contributed by atoms with E-state index in [4.69, 9.17) is 11.5 Å². The molecule has 0 atom stereocenters. The summed E-state index contributed by atoms with van der Waals surface area (Å²) in [5.41, 5.74) is 15.8. The van der Waals surface area contributed by atoms with Gasteiger partial charge in [0.2, 0.25) is 0 Å². The fourth-order valence-corrected chi connectivity index (χ4v) is 2.35. The van der Waals surface area contributed by atoms with Gasteiger partial charge in [-0.25, -0.2) is 0 Å². The van der Waals surface area contributed by atoms with Gasteiger partial charge in [0.05, 0.1) is 28.4 Å². The molecule has 1 aromatic carbocycles. The van der Waals surface area contributed by atoms with Gasteiger partial charge < -0.3 is 21.7 Å². The van der Waals surface area contributed by atoms with Crippen LogP contribution in [0.1, 0.15) is 12.6 Å². The molecule has 20 heavy (non-hydrogen) atoms. The van der Waals surface area contributed by atoms with Crippen LogP contribution in [0.25, 0.3) is 6.08 Å². The molecule has 1 aliphatic rings. The molecular weight excluding hydrogens is 250 g/mol. The lowest BCUT2D eigenvalue weighted by atomic mass is 10.2. The topological polar surface area (TPSA) is 80.2 Å². The van der Waals surface area contributed by atoms with E-state index in [1.807, 2.05) is 18.2 Å². The van der Waals surface area contributed by atoms with Gasteiger partial charge in [-0.2, -0.15) is 0 Å². The third-order valence-corrected chi connectivity index (χ3v) is 3.39. The Bertz CT molecular complexity index is 678. The summed E-state index contributed by atoms with van der Waals surface area (Å²) in [5, 5.41) is 3.38. The summed E-state index contributed by atoms with van der Waals surface area (Å²) in [7, 11) is 0. The summed E-state index contributed by atoms with van der Waals surface area (Å²) < 4.78 is 0. The highest BCUT2D eigenvalue weighted by Crippen LogP contribution is 2.36. The van der Waals surface area contributed by atoms with Crippen LogP contribution in [0.15, 0.2) is 42.3 Å². The summed E-state index contributed by atoms with van der Waals surface area (Å²) in [6.07, 6.45) is 3.59. The molecule has 0 fully saturated rings. The molecule has 0 saturated heterocycles.